The quantitative estimate of drug-likeness (QED) is 0.388. The van der Waals surface area contributed by atoms with Crippen molar-refractivity contribution >= 4 is 7.32 Å². The molecule has 4 heteroatoms. The summed E-state index contributed by atoms with van der Waals surface area (Å²) < 4.78 is 4.38. The minimum Gasteiger partial charge on any atom is -0.871 e. The summed E-state index contributed by atoms with van der Waals surface area (Å²) in [7, 11) is -2.10. The number of unbranched alkanes of at least 4 members (excludes halogenated alkanes) is 7. The summed E-state index contributed by atoms with van der Waals surface area (Å²) in [5, 5.41) is 19.9. The Morgan fingerprint density at radius 2 is 1.36 bits per heavy atom. The van der Waals surface area contributed by atoms with Crippen molar-refractivity contribution < 1.29 is 14.7 Å². The maximum absolute atomic E-state index is 9.96. The molecule has 84 valence electrons. The van der Waals surface area contributed by atoms with Crippen molar-refractivity contribution in [3.8, 4) is 0 Å². The topological polar surface area (TPSA) is 55.3 Å². The molecule has 0 radical (unpaired) electrons. The molecule has 0 saturated heterocycles. The van der Waals surface area contributed by atoms with Gasteiger partial charge in [0.2, 0.25) is 0 Å². The van der Waals surface area contributed by atoms with Gasteiger partial charge in [0.1, 0.15) is 0 Å². The average molecular weight is 200 g/mol. The first-order valence-corrected chi connectivity index (χ1v) is 5.70. The summed E-state index contributed by atoms with van der Waals surface area (Å²) in [6.45, 7) is 2.53. The lowest BCUT2D eigenvalue weighted by Crippen LogP contribution is -2.47. The molecule has 0 aliphatic heterocycles. The summed E-state index contributed by atoms with van der Waals surface area (Å²) in [5.41, 5.74) is 0. The Kier molecular flexibility index (Phi) is 11.0. The second-order valence-corrected chi connectivity index (χ2v) is 3.63. The Balaban J connectivity index is 2.85. The summed E-state index contributed by atoms with van der Waals surface area (Å²) in [4.78, 5) is 0. The van der Waals surface area contributed by atoms with E-state index < -0.39 is 7.32 Å². The van der Waals surface area contributed by atoms with Gasteiger partial charge in [-0.1, -0.05) is 51.9 Å². The van der Waals surface area contributed by atoms with Gasteiger partial charge in [-0.15, -0.1) is 0 Å². The molecular formula is C10H21BO3-2. The first-order valence-electron chi connectivity index (χ1n) is 5.70. The third kappa shape index (κ3) is 11.9. The predicted molar refractivity (Wildman–Crippen MR) is 54.3 cm³/mol. The molecule has 14 heavy (non-hydrogen) atoms. The molecule has 0 spiro atoms. The van der Waals surface area contributed by atoms with Crippen molar-refractivity contribution in [2.75, 3.05) is 6.61 Å². The van der Waals surface area contributed by atoms with E-state index >= 15 is 0 Å². The molecule has 0 rings (SSSR count). The zero-order valence-corrected chi connectivity index (χ0v) is 9.17. The molecule has 0 amide bonds. The Hall–Kier alpha value is -0.0551. The van der Waals surface area contributed by atoms with E-state index in [2.05, 4.69) is 11.6 Å². The van der Waals surface area contributed by atoms with E-state index in [1.54, 1.807) is 0 Å². The Bertz CT molecular complexity index is 110. The fourth-order valence-corrected chi connectivity index (χ4v) is 1.42. The fraction of sp³-hybridized carbons (Fsp3) is 1.00. The summed E-state index contributed by atoms with van der Waals surface area (Å²) in [6, 6.07) is 0. The van der Waals surface area contributed by atoms with Gasteiger partial charge in [0.15, 0.2) is 0 Å². The van der Waals surface area contributed by atoms with Crippen LogP contribution in [-0.2, 0) is 4.65 Å². The molecular weight excluding hydrogens is 179 g/mol. The van der Waals surface area contributed by atoms with Gasteiger partial charge in [0.05, 0.1) is 7.32 Å². The van der Waals surface area contributed by atoms with Crippen molar-refractivity contribution in [2.24, 2.45) is 0 Å². The van der Waals surface area contributed by atoms with Crippen molar-refractivity contribution in [3.63, 3.8) is 0 Å². The largest absolute Gasteiger partial charge is 0.871 e. The van der Waals surface area contributed by atoms with Crippen LogP contribution in [0.4, 0.5) is 0 Å². The molecule has 0 saturated carbocycles. The highest BCUT2D eigenvalue weighted by molar-refractivity contribution is 6.28. The van der Waals surface area contributed by atoms with E-state index in [1.165, 1.54) is 38.5 Å². The van der Waals surface area contributed by atoms with Gasteiger partial charge in [-0.25, -0.2) is 0 Å². The van der Waals surface area contributed by atoms with Crippen LogP contribution in [0.3, 0.4) is 0 Å². The molecule has 0 bridgehead atoms. The molecule has 0 fully saturated rings. The lowest BCUT2D eigenvalue weighted by Gasteiger charge is -2.25. The van der Waals surface area contributed by atoms with Crippen LogP contribution in [0, 0.1) is 0 Å². The molecule has 0 unspecified atom stereocenters. The maximum Gasteiger partial charge on any atom is 0.0604 e. The van der Waals surface area contributed by atoms with E-state index in [1.807, 2.05) is 0 Å². The molecule has 0 atom stereocenters. The highest BCUT2D eigenvalue weighted by Crippen LogP contribution is 2.08. The zero-order valence-electron chi connectivity index (χ0n) is 9.17. The second-order valence-electron chi connectivity index (χ2n) is 3.63. The SMILES string of the molecule is CCCCCCCCCCOB([O-])[O-]. The van der Waals surface area contributed by atoms with Crippen molar-refractivity contribution in [2.45, 2.75) is 58.3 Å². The molecule has 0 aromatic rings. The van der Waals surface area contributed by atoms with E-state index in [-0.39, 0.29) is 0 Å². The first-order chi connectivity index (χ1) is 6.77. The highest BCUT2D eigenvalue weighted by atomic mass is 16.6. The molecule has 0 N–H and O–H groups in total. The summed E-state index contributed by atoms with van der Waals surface area (Å²) in [5.74, 6) is 0. The predicted octanol–water partition coefficient (Wildman–Crippen LogP) is 0.849. The number of hydrogen-bond acceptors (Lipinski definition) is 3. The minimum absolute atomic E-state index is 0.326. The van der Waals surface area contributed by atoms with Crippen molar-refractivity contribution in [1.82, 2.24) is 0 Å². The third-order valence-corrected chi connectivity index (χ3v) is 2.25. The van der Waals surface area contributed by atoms with Crippen LogP contribution in [0.15, 0.2) is 0 Å². The molecule has 0 heterocycles. The monoisotopic (exact) mass is 200 g/mol. The lowest BCUT2D eigenvalue weighted by atomic mass is 10.1. The summed E-state index contributed by atoms with van der Waals surface area (Å²) in [6.07, 6.45) is 9.61. The molecule has 0 aliphatic carbocycles. The third-order valence-electron chi connectivity index (χ3n) is 2.25. The van der Waals surface area contributed by atoms with Gasteiger partial charge in [-0.3, -0.25) is 0 Å². The van der Waals surface area contributed by atoms with Crippen LogP contribution < -0.4 is 10.0 Å². The minimum atomic E-state index is -2.10. The Morgan fingerprint density at radius 3 is 1.86 bits per heavy atom. The standard InChI is InChI=1S/C10H21BO3/c1-2-3-4-5-6-7-8-9-10-14-11(12)13/h2-10H2,1H3/q-2. The maximum atomic E-state index is 9.96. The normalized spacial score (nSPS) is 10.5. The number of rotatable bonds is 10. The highest BCUT2D eigenvalue weighted by Gasteiger charge is 1.90. The van der Waals surface area contributed by atoms with Gasteiger partial charge in [-0.05, 0) is 6.42 Å². The molecule has 3 nitrogen and oxygen atoms in total. The van der Waals surface area contributed by atoms with E-state index in [4.69, 9.17) is 0 Å². The Labute approximate surface area is 87.7 Å². The van der Waals surface area contributed by atoms with Gasteiger partial charge < -0.3 is 14.7 Å². The van der Waals surface area contributed by atoms with Gasteiger partial charge in [0.25, 0.3) is 0 Å². The van der Waals surface area contributed by atoms with Crippen LogP contribution in [0.5, 0.6) is 0 Å². The Morgan fingerprint density at radius 1 is 0.857 bits per heavy atom. The van der Waals surface area contributed by atoms with Crippen LogP contribution in [0.1, 0.15) is 58.3 Å². The summed E-state index contributed by atoms with van der Waals surface area (Å²) >= 11 is 0. The van der Waals surface area contributed by atoms with E-state index in [0.29, 0.717) is 6.61 Å². The zero-order chi connectivity index (χ0) is 10.6. The average Bonchev–Trinajstić information content (AvgIpc) is 2.15. The fourth-order valence-electron chi connectivity index (χ4n) is 1.42. The van der Waals surface area contributed by atoms with Crippen molar-refractivity contribution in [3.05, 3.63) is 0 Å². The molecule has 0 aliphatic rings. The molecule has 0 aromatic heterocycles. The van der Waals surface area contributed by atoms with Crippen molar-refractivity contribution in [1.29, 1.82) is 0 Å². The smallest absolute Gasteiger partial charge is 0.0604 e. The van der Waals surface area contributed by atoms with Crippen LogP contribution in [0.25, 0.3) is 0 Å². The van der Waals surface area contributed by atoms with E-state index in [0.717, 1.165) is 12.8 Å². The number of hydrogen-bond donors (Lipinski definition) is 0. The van der Waals surface area contributed by atoms with Crippen LogP contribution in [-0.4, -0.2) is 13.9 Å². The van der Waals surface area contributed by atoms with Gasteiger partial charge in [0, 0.05) is 6.61 Å². The first kappa shape index (κ1) is 13.9. The lowest BCUT2D eigenvalue weighted by molar-refractivity contribution is -0.381. The van der Waals surface area contributed by atoms with E-state index in [9.17, 15) is 10.0 Å². The van der Waals surface area contributed by atoms with Crippen LogP contribution in [0.2, 0.25) is 0 Å². The van der Waals surface area contributed by atoms with Crippen LogP contribution >= 0.6 is 0 Å². The second kappa shape index (κ2) is 11.0. The molecule has 0 aromatic carbocycles. The van der Waals surface area contributed by atoms with Gasteiger partial charge >= 0.3 is 0 Å². The van der Waals surface area contributed by atoms with Gasteiger partial charge in [-0.2, -0.15) is 0 Å².